The number of aromatic nitrogens is 2. The number of hydrogen-bond donors (Lipinski definition) is 3. The molecule has 0 atom stereocenters. The fourth-order valence-corrected chi connectivity index (χ4v) is 1.88. The van der Waals surface area contributed by atoms with Crippen molar-refractivity contribution in [2.75, 3.05) is 5.32 Å². The van der Waals surface area contributed by atoms with Gasteiger partial charge in [-0.1, -0.05) is 25.1 Å². The number of amides is 1. The van der Waals surface area contributed by atoms with Gasteiger partial charge in [-0.05, 0) is 26.0 Å². The first-order chi connectivity index (χ1) is 10.6. The molecule has 0 fully saturated rings. The molecule has 6 nitrogen and oxygen atoms in total. The number of aryl methyl sites for hydroxylation is 2. The average molecular weight is 298 g/mol. The van der Waals surface area contributed by atoms with Gasteiger partial charge in [0.05, 0.1) is 17.1 Å². The molecule has 0 aliphatic carbocycles. The third kappa shape index (κ3) is 4.66. The van der Waals surface area contributed by atoms with Crippen molar-refractivity contribution in [3.05, 3.63) is 47.8 Å². The van der Waals surface area contributed by atoms with Crippen LogP contribution in [0.4, 0.5) is 11.6 Å². The van der Waals surface area contributed by atoms with Crippen molar-refractivity contribution in [3.8, 4) is 0 Å². The lowest BCUT2D eigenvalue weighted by molar-refractivity contribution is -0.366. The predicted molar refractivity (Wildman–Crippen MR) is 85.6 cm³/mol. The first kappa shape index (κ1) is 15.6. The van der Waals surface area contributed by atoms with Gasteiger partial charge >= 0.3 is 5.95 Å². The summed E-state index contributed by atoms with van der Waals surface area (Å²) in [4.78, 5) is 23.3. The fourth-order valence-electron chi connectivity index (χ4n) is 1.88. The molecule has 2 rings (SSSR count). The smallest absolute Gasteiger partial charge is 0.277 e. The maximum Gasteiger partial charge on any atom is 0.354 e. The Kier molecular flexibility index (Phi) is 5.19. The first-order valence-corrected chi connectivity index (χ1v) is 7.15. The maximum absolute atomic E-state index is 11.7. The van der Waals surface area contributed by atoms with Gasteiger partial charge in [0.25, 0.3) is 11.9 Å². The number of nitrogens with zero attached hydrogens (tertiary/aromatic N) is 2. The van der Waals surface area contributed by atoms with E-state index in [1.54, 1.807) is 6.92 Å². The van der Waals surface area contributed by atoms with Gasteiger partial charge in [-0.15, -0.1) is 9.97 Å². The number of guanidine groups is 1. The van der Waals surface area contributed by atoms with Crippen LogP contribution in [0.1, 0.15) is 24.7 Å². The number of para-hydroxylation sites is 1. The molecule has 22 heavy (non-hydrogen) atoms. The Hall–Kier alpha value is -2.76. The number of hydrogen-bond acceptors (Lipinski definition) is 3. The normalized spacial score (nSPS) is 11.1. The van der Waals surface area contributed by atoms with E-state index in [2.05, 4.69) is 25.6 Å². The van der Waals surface area contributed by atoms with E-state index in [9.17, 15) is 4.79 Å². The molecule has 0 spiro atoms. The van der Waals surface area contributed by atoms with E-state index in [-0.39, 0.29) is 5.91 Å². The van der Waals surface area contributed by atoms with E-state index < -0.39 is 0 Å². The summed E-state index contributed by atoms with van der Waals surface area (Å²) in [6, 6.07) is 11.4. The highest BCUT2D eigenvalue weighted by Gasteiger charge is 2.11. The quantitative estimate of drug-likeness (QED) is 0.578. The van der Waals surface area contributed by atoms with Crippen LogP contribution in [0, 0.1) is 13.8 Å². The minimum atomic E-state index is -0.102. The number of nitrogens with one attached hydrogen (secondary N) is 3. The molecule has 0 aliphatic rings. The van der Waals surface area contributed by atoms with Crippen LogP contribution in [0.3, 0.4) is 0 Å². The zero-order chi connectivity index (χ0) is 15.9. The van der Waals surface area contributed by atoms with Gasteiger partial charge in [0.2, 0.25) is 0 Å². The minimum Gasteiger partial charge on any atom is -0.277 e. The maximum atomic E-state index is 11.7. The van der Waals surface area contributed by atoms with Crippen molar-refractivity contribution < 1.29 is 9.79 Å². The molecule has 1 aromatic carbocycles. The zero-order valence-corrected chi connectivity index (χ0v) is 13.0. The second-order valence-corrected chi connectivity index (χ2v) is 4.87. The van der Waals surface area contributed by atoms with Crippen LogP contribution < -0.4 is 15.6 Å². The number of rotatable bonds is 3. The van der Waals surface area contributed by atoms with Gasteiger partial charge in [0, 0.05) is 12.5 Å². The summed E-state index contributed by atoms with van der Waals surface area (Å²) in [7, 11) is 0. The SMILES string of the molecule is CCC(=O)NC(Nc1ccccc1)=[NH+]c1nc(C)cc(C)n1. The predicted octanol–water partition coefficient (Wildman–Crippen LogP) is 0.800. The highest BCUT2D eigenvalue weighted by molar-refractivity contribution is 6.01. The Morgan fingerprint density at radius 1 is 1.14 bits per heavy atom. The topological polar surface area (TPSA) is 80.9 Å². The van der Waals surface area contributed by atoms with Crippen LogP contribution in [-0.2, 0) is 4.79 Å². The van der Waals surface area contributed by atoms with E-state index in [0.717, 1.165) is 17.1 Å². The Morgan fingerprint density at radius 3 is 2.36 bits per heavy atom. The molecule has 1 amide bonds. The largest absolute Gasteiger partial charge is 0.354 e. The second kappa shape index (κ2) is 7.31. The molecule has 1 aromatic heterocycles. The van der Waals surface area contributed by atoms with Crippen LogP contribution in [0.5, 0.6) is 0 Å². The minimum absolute atomic E-state index is 0.102. The molecular formula is C16H20N5O+. The van der Waals surface area contributed by atoms with Crippen LogP contribution in [-0.4, -0.2) is 21.8 Å². The molecule has 1 heterocycles. The molecular weight excluding hydrogens is 278 g/mol. The number of carbonyl (C=O) groups is 1. The lowest BCUT2D eigenvalue weighted by atomic mass is 10.3. The fraction of sp³-hybridized carbons (Fsp3) is 0.250. The average Bonchev–Trinajstić information content (AvgIpc) is 2.47. The molecule has 0 aliphatic heterocycles. The molecule has 2 aromatic rings. The summed E-state index contributed by atoms with van der Waals surface area (Å²) >= 11 is 0. The molecule has 3 N–H and O–H groups in total. The molecule has 0 saturated carbocycles. The second-order valence-electron chi connectivity index (χ2n) is 4.87. The third-order valence-electron chi connectivity index (χ3n) is 2.85. The molecule has 0 radical (unpaired) electrons. The van der Waals surface area contributed by atoms with Gasteiger partial charge < -0.3 is 0 Å². The van der Waals surface area contributed by atoms with E-state index >= 15 is 0 Å². The Balaban J connectivity index is 2.30. The van der Waals surface area contributed by atoms with Crippen LogP contribution in [0.2, 0.25) is 0 Å². The number of anilines is 1. The molecule has 114 valence electrons. The monoisotopic (exact) mass is 298 g/mol. The Labute approximate surface area is 129 Å². The van der Waals surface area contributed by atoms with Crippen molar-refractivity contribution in [3.63, 3.8) is 0 Å². The van der Waals surface area contributed by atoms with Crippen LogP contribution in [0.15, 0.2) is 36.4 Å². The molecule has 0 bridgehead atoms. The lowest BCUT2D eigenvalue weighted by Crippen LogP contribution is -2.74. The summed E-state index contributed by atoms with van der Waals surface area (Å²) in [5.41, 5.74) is 2.57. The van der Waals surface area contributed by atoms with Crippen molar-refractivity contribution in [1.82, 2.24) is 15.3 Å². The van der Waals surface area contributed by atoms with E-state index in [4.69, 9.17) is 0 Å². The summed E-state index contributed by atoms with van der Waals surface area (Å²) in [5.74, 6) is 0.769. The first-order valence-electron chi connectivity index (χ1n) is 7.15. The van der Waals surface area contributed by atoms with E-state index in [1.807, 2.05) is 50.2 Å². The summed E-state index contributed by atoms with van der Waals surface area (Å²) < 4.78 is 0. The summed E-state index contributed by atoms with van der Waals surface area (Å²) in [6.07, 6.45) is 0.384. The van der Waals surface area contributed by atoms with Gasteiger partial charge in [0.1, 0.15) is 0 Å². The number of carbonyl (C=O) groups excluding carboxylic acids is 1. The van der Waals surface area contributed by atoms with Gasteiger partial charge in [0.15, 0.2) is 0 Å². The van der Waals surface area contributed by atoms with Crippen molar-refractivity contribution in [1.29, 1.82) is 0 Å². The van der Waals surface area contributed by atoms with Crippen molar-refractivity contribution >= 4 is 23.5 Å². The van der Waals surface area contributed by atoms with Gasteiger partial charge in [-0.3, -0.25) is 10.1 Å². The molecule has 0 saturated heterocycles. The Morgan fingerprint density at radius 2 is 1.77 bits per heavy atom. The summed E-state index contributed by atoms with van der Waals surface area (Å²) in [5, 5.41) is 5.90. The van der Waals surface area contributed by atoms with Crippen LogP contribution in [0.25, 0.3) is 0 Å². The Bertz CT molecular complexity index is 662. The standard InChI is InChI=1S/C16H19N5O/c1-4-14(22)20-16(19-13-8-6-5-7-9-13)21-15-17-11(2)10-12(3)18-15/h5-10H,4H2,1-3H3,(H2,17,18,19,20,21,22)/p+1. The van der Waals surface area contributed by atoms with Crippen molar-refractivity contribution in [2.24, 2.45) is 0 Å². The highest BCUT2D eigenvalue weighted by Crippen LogP contribution is 2.03. The third-order valence-corrected chi connectivity index (χ3v) is 2.85. The summed E-state index contributed by atoms with van der Waals surface area (Å²) in [6.45, 7) is 5.59. The van der Waals surface area contributed by atoms with Crippen LogP contribution >= 0.6 is 0 Å². The lowest BCUT2D eigenvalue weighted by Gasteiger charge is -2.06. The number of benzene rings is 1. The molecule has 0 unspecified atom stereocenters. The van der Waals surface area contributed by atoms with E-state index in [1.165, 1.54) is 0 Å². The van der Waals surface area contributed by atoms with Gasteiger partial charge in [-0.25, -0.2) is 10.3 Å². The zero-order valence-electron chi connectivity index (χ0n) is 13.0. The highest BCUT2D eigenvalue weighted by atomic mass is 16.1. The molecule has 6 heteroatoms. The van der Waals surface area contributed by atoms with E-state index in [0.29, 0.717) is 18.3 Å². The van der Waals surface area contributed by atoms with Gasteiger partial charge in [-0.2, -0.15) is 0 Å². The van der Waals surface area contributed by atoms with Crippen molar-refractivity contribution in [2.45, 2.75) is 27.2 Å².